The lowest BCUT2D eigenvalue weighted by Crippen LogP contribution is -2.32. The second kappa shape index (κ2) is 2.01. The zero-order valence-corrected chi connectivity index (χ0v) is 6.97. The van der Waals surface area contributed by atoms with Crippen LogP contribution in [0, 0.1) is 5.92 Å². The molecule has 11 heavy (non-hydrogen) atoms. The van der Waals surface area contributed by atoms with Crippen molar-refractivity contribution in [1.82, 2.24) is 4.90 Å². The molecule has 60 valence electrons. The van der Waals surface area contributed by atoms with E-state index in [1.54, 1.807) is 11.0 Å². The zero-order chi connectivity index (χ0) is 8.06. The molecule has 1 heterocycles. The summed E-state index contributed by atoms with van der Waals surface area (Å²) in [5, 5.41) is 0. The average molecular weight is 172 g/mol. The van der Waals surface area contributed by atoms with E-state index in [1.165, 1.54) is 0 Å². The van der Waals surface area contributed by atoms with Gasteiger partial charge in [-0.15, -0.1) is 18.2 Å². The fraction of sp³-hybridized carbons (Fsp3) is 0.625. The van der Waals surface area contributed by atoms with Crippen molar-refractivity contribution in [2.24, 2.45) is 5.92 Å². The van der Waals surface area contributed by atoms with Crippen LogP contribution in [0.1, 0.15) is 6.42 Å². The number of carbonyl (C=O) groups excluding carboxylic acids is 1. The largest absolute Gasteiger partial charge is 0.337 e. The molecule has 1 aliphatic heterocycles. The minimum absolute atomic E-state index is 0.101. The molecule has 0 N–H and O–H groups in total. The summed E-state index contributed by atoms with van der Waals surface area (Å²) in [5.74, 6) is 0.515. The zero-order valence-electron chi connectivity index (χ0n) is 6.22. The predicted octanol–water partition coefficient (Wildman–Crippen LogP) is 1.01. The van der Waals surface area contributed by atoms with Gasteiger partial charge >= 0.3 is 0 Å². The lowest BCUT2D eigenvalue weighted by atomic mass is 10.4. The van der Waals surface area contributed by atoms with Gasteiger partial charge in [0.05, 0.1) is 0 Å². The summed E-state index contributed by atoms with van der Waals surface area (Å²) >= 11 is 6.00. The number of rotatable bonds is 2. The van der Waals surface area contributed by atoms with Gasteiger partial charge in [0, 0.05) is 19.0 Å². The SMILES string of the molecule is C=CCN1CC2CC2(Cl)C1=O. The number of likely N-dealkylation sites (tertiary alicyclic amines) is 1. The Balaban J connectivity index is 2.09. The van der Waals surface area contributed by atoms with Crippen LogP contribution in [0.15, 0.2) is 12.7 Å². The van der Waals surface area contributed by atoms with Gasteiger partial charge < -0.3 is 4.90 Å². The van der Waals surface area contributed by atoms with Crippen LogP contribution < -0.4 is 0 Å². The highest BCUT2D eigenvalue weighted by Gasteiger charge is 2.65. The number of halogens is 1. The van der Waals surface area contributed by atoms with Crippen molar-refractivity contribution in [3.63, 3.8) is 0 Å². The van der Waals surface area contributed by atoms with Crippen LogP contribution in [0.2, 0.25) is 0 Å². The van der Waals surface area contributed by atoms with E-state index in [9.17, 15) is 4.79 Å². The molecule has 2 nitrogen and oxygen atoms in total. The first-order valence-electron chi connectivity index (χ1n) is 3.77. The van der Waals surface area contributed by atoms with Crippen molar-refractivity contribution in [2.45, 2.75) is 11.3 Å². The van der Waals surface area contributed by atoms with Crippen LogP contribution in [0.4, 0.5) is 0 Å². The van der Waals surface area contributed by atoms with E-state index in [2.05, 4.69) is 6.58 Å². The Labute approximate surface area is 70.8 Å². The van der Waals surface area contributed by atoms with Gasteiger partial charge in [-0.2, -0.15) is 0 Å². The normalized spacial score (nSPS) is 40.6. The Bertz CT molecular complexity index is 228. The molecule has 2 unspecified atom stereocenters. The minimum Gasteiger partial charge on any atom is -0.337 e. The highest BCUT2D eigenvalue weighted by atomic mass is 35.5. The minimum atomic E-state index is -0.497. The molecule has 2 atom stereocenters. The van der Waals surface area contributed by atoms with Crippen LogP contribution in [-0.4, -0.2) is 28.8 Å². The van der Waals surface area contributed by atoms with Crippen molar-refractivity contribution in [3.05, 3.63) is 12.7 Å². The van der Waals surface area contributed by atoms with E-state index in [0.29, 0.717) is 12.5 Å². The van der Waals surface area contributed by atoms with Crippen molar-refractivity contribution in [2.75, 3.05) is 13.1 Å². The van der Waals surface area contributed by atoms with Gasteiger partial charge in [-0.25, -0.2) is 0 Å². The second-order valence-corrected chi connectivity index (χ2v) is 3.94. The van der Waals surface area contributed by atoms with Gasteiger partial charge in [0.1, 0.15) is 4.87 Å². The second-order valence-electron chi connectivity index (χ2n) is 3.26. The Morgan fingerprint density at radius 1 is 1.91 bits per heavy atom. The molecule has 1 saturated carbocycles. The molecular formula is C8H10ClNO. The third-order valence-corrected chi connectivity index (χ3v) is 3.09. The summed E-state index contributed by atoms with van der Waals surface area (Å²) in [7, 11) is 0. The molecule has 2 fully saturated rings. The maximum Gasteiger partial charge on any atom is 0.244 e. The molecule has 0 aromatic rings. The quantitative estimate of drug-likeness (QED) is 0.449. The third kappa shape index (κ3) is 0.822. The molecule has 0 radical (unpaired) electrons. The van der Waals surface area contributed by atoms with Crippen LogP contribution in [0.25, 0.3) is 0 Å². The van der Waals surface area contributed by atoms with Gasteiger partial charge in [-0.1, -0.05) is 6.08 Å². The van der Waals surface area contributed by atoms with Crippen molar-refractivity contribution in [1.29, 1.82) is 0 Å². The summed E-state index contributed by atoms with van der Waals surface area (Å²) in [6, 6.07) is 0. The van der Waals surface area contributed by atoms with Crippen molar-refractivity contribution in [3.8, 4) is 0 Å². The first-order valence-corrected chi connectivity index (χ1v) is 4.15. The fourth-order valence-corrected chi connectivity index (χ4v) is 2.07. The summed E-state index contributed by atoms with van der Waals surface area (Å²) in [6.45, 7) is 5.05. The number of alkyl halides is 1. The lowest BCUT2D eigenvalue weighted by Gasteiger charge is -2.15. The van der Waals surface area contributed by atoms with Gasteiger partial charge in [0.15, 0.2) is 0 Å². The Morgan fingerprint density at radius 3 is 3.09 bits per heavy atom. The highest BCUT2D eigenvalue weighted by molar-refractivity contribution is 6.38. The predicted molar refractivity (Wildman–Crippen MR) is 43.5 cm³/mol. The number of amides is 1. The van der Waals surface area contributed by atoms with Crippen LogP contribution >= 0.6 is 11.6 Å². The van der Waals surface area contributed by atoms with Crippen LogP contribution in [0.5, 0.6) is 0 Å². The number of nitrogens with zero attached hydrogens (tertiary/aromatic N) is 1. The number of fused-ring (bicyclic) bond motifs is 1. The summed E-state index contributed by atoms with van der Waals surface area (Å²) < 4.78 is 0. The Hall–Kier alpha value is -0.500. The van der Waals surface area contributed by atoms with Gasteiger partial charge in [0.25, 0.3) is 0 Å². The molecule has 0 bridgehead atoms. The number of hydrogen-bond acceptors (Lipinski definition) is 1. The molecule has 0 spiro atoms. The van der Waals surface area contributed by atoms with E-state index in [0.717, 1.165) is 13.0 Å². The number of hydrogen-bond donors (Lipinski definition) is 0. The maximum atomic E-state index is 11.4. The van der Waals surface area contributed by atoms with Gasteiger partial charge in [-0.05, 0) is 6.42 Å². The Kier molecular flexibility index (Phi) is 1.31. The summed E-state index contributed by atoms with van der Waals surface area (Å²) in [4.78, 5) is 12.7. The van der Waals surface area contributed by atoms with E-state index in [4.69, 9.17) is 11.6 Å². The molecule has 1 saturated heterocycles. The third-order valence-electron chi connectivity index (χ3n) is 2.46. The summed E-state index contributed by atoms with van der Waals surface area (Å²) in [5.41, 5.74) is 0. The van der Waals surface area contributed by atoms with E-state index < -0.39 is 4.87 Å². The molecule has 1 amide bonds. The molecule has 2 aliphatic rings. The standard InChI is InChI=1S/C8H10ClNO/c1-2-3-10-5-6-4-8(6,9)7(10)11/h2,6H,1,3-5H2. The maximum absolute atomic E-state index is 11.4. The van der Waals surface area contributed by atoms with Gasteiger partial charge in [0.2, 0.25) is 5.91 Å². The van der Waals surface area contributed by atoms with Gasteiger partial charge in [-0.3, -0.25) is 4.79 Å². The van der Waals surface area contributed by atoms with Crippen molar-refractivity contribution >= 4 is 17.5 Å². The molecule has 3 heteroatoms. The molecule has 0 aromatic heterocycles. The topological polar surface area (TPSA) is 20.3 Å². The first kappa shape index (κ1) is 7.17. The lowest BCUT2D eigenvalue weighted by molar-refractivity contribution is -0.128. The molecule has 1 aliphatic carbocycles. The molecular weight excluding hydrogens is 162 g/mol. The molecule has 0 aromatic carbocycles. The first-order chi connectivity index (χ1) is 5.18. The number of piperidine rings is 1. The summed E-state index contributed by atoms with van der Waals surface area (Å²) in [6.07, 6.45) is 2.62. The fourth-order valence-electron chi connectivity index (χ4n) is 1.70. The monoisotopic (exact) mass is 171 g/mol. The smallest absolute Gasteiger partial charge is 0.244 e. The Morgan fingerprint density at radius 2 is 2.64 bits per heavy atom. The van der Waals surface area contributed by atoms with Crippen LogP contribution in [0.3, 0.4) is 0 Å². The molecule has 2 rings (SSSR count). The van der Waals surface area contributed by atoms with Crippen LogP contribution in [-0.2, 0) is 4.79 Å². The van der Waals surface area contributed by atoms with E-state index >= 15 is 0 Å². The van der Waals surface area contributed by atoms with E-state index in [1.807, 2.05) is 0 Å². The average Bonchev–Trinajstić information content (AvgIpc) is 2.55. The van der Waals surface area contributed by atoms with Crippen molar-refractivity contribution < 1.29 is 4.79 Å². The van der Waals surface area contributed by atoms with E-state index in [-0.39, 0.29) is 5.91 Å². The number of carbonyl (C=O) groups is 1. The highest BCUT2D eigenvalue weighted by Crippen LogP contribution is 2.55.